The first-order valence-corrected chi connectivity index (χ1v) is 13.7. The second kappa shape index (κ2) is 12.9. The fourth-order valence-corrected chi connectivity index (χ4v) is 5.52. The summed E-state index contributed by atoms with van der Waals surface area (Å²) in [5, 5.41) is 3.88. The van der Waals surface area contributed by atoms with Crippen LogP contribution < -0.4 is 0 Å². The number of benzene rings is 3. The van der Waals surface area contributed by atoms with Crippen molar-refractivity contribution < 1.29 is 18.0 Å². The number of aryl methyl sites for hydroxylation is 1. The molecule has 0 radical (unpaired) electrons. The molecule has 0 bridgehead atoms. The first-order valence-electron chi connectivity index (χ1n) is 12.8. The Bertz CT molecular complexity index is 1330. The summed E-state index contributed by atoms with van der Waals surface area (Å²) in [5.41, 5.74) is 0.666. The minimum Gasteiger partial charge on any atom is -0.289 e. The molecule has 0 aliphatic heterocycles. The molecule has 0 fully saturated rings. The summed E-state index contributed by atoms with van der Waals surface area (Å²) in [6.45, 7) is 0. The van der Waals surface area contributed by atoms with Crippen molar-refractivity contribution in [2.45, 2.75) is 57.5 Å². The monoisotopic (exact) mass is 520 g/mol. The van der Waals surface area contributed by atoms with Crippen LogP contribution in [0.4, 0.5) is 13.2 Å². The summed E-state index contributed by atoms with van der Waals surface area (Å²) < 4.78 is 41.4. The highest BCUT2D eigenvalue weighted by Gasteiger charge is 2.33. The molecule has 0 unspecified atom stereocenters. The number of thiophene rings is 1. The number of carbonyl (C=O) groups excluding carboxylic acids is 1. The van der Waals surface area contributed by atoms with E-state index in [1.165, 1.54) is 17.0 Å². The maximum Gasteiger partial charge on any atom is 0.416 e. The van der Waals surface area contributed by atoms with E-state index in [4.69, 9.17) is 0 Å². The Balaban J connectivity index is 1.39. The van der Waals surface area contributed by atoms with Crippen LogP contribution in [-0.4, -0.2) is 5.78 Å². The van der Waals surface area contributed by atoms with Crippen LogP contribution in [0.2, 0.25) is 0 Å². The average molecular weight is 521 g/mol. The highest BCUT2D eigenvalue weighted by atomic mass is 32.1. The lowest BCUT2D eigenvalue weighted by molar-refractivity contribution is -0.138. The van der Waals surface area contributed by atoms with Crippen molar-refractivity contribution in [2.24, 2.45) is 0 Å². The third kappa shape index (κ3) is 7.42. The van der Waals surface area contributed by atoms with Gasteiger partial charge in [-0.2, -0.15) is 13.2 Å². The van der Waals surface area contributed by atoms with Gasteiger partial charge in [-0.05, 0) is 71.2 Å². The number of unbranched alkanes of at least 4 members (excludes halogenated alkanes) is 5. The lowest BCUT2D eigenvalue weighted by atomic mass is 9.94. The first-order chi connectivity index (χ1) is 17.9. The Labute approximate surface area is 220 Å². The van der Waals surface area contributed by atoms with Crippen LogP contribution in [0.3, 0.4) is 0 Å². The standard InChI is InChI=1S/C32H31F3OS/c33-32(34,35)30-20-10-14-25(21-22-31(36)29-19-9-13-24-12-7-8-17-27(24)29)28(30)18-6-4-2-1-3-5-15-26-16-11-23-37-26/h7-14,16-17,19-23H,1-6,15,18H2/b22-21+. The molecule has 0 aliphatic carbocycles. The van der Waals surface area contributed by atoms with Gasteiger partial charge in [-0.25, -0.2) is 0 Å². The molecular formula is C32H31F3OS. The Morgan fingerprint density at radius 3 is 2.22 bits per heavy atom. The number of rotatable bonds is 12. The van der Waals surface area contributed by atoms with Crippen LogP contribution in [0, 0.1) is 0 Å². The highest BCUT2D eigenvalue weighted by Crippen LogP contribution is 2.35. The molecule has 0 aliphatic rings. The number of allylic oxidation sites excluding steroid dienone is 1. The van der Waals surface area contributed by atoms with Crippen molar-refractivity contribution in [3.63, 3.8) is 0 Å². The van der Waals surface area contributed by atoms with E-state index in [0.29, 0.717) is 24.0 Å². The van der Waals surface area contributed by atoms with Gasteiger partial charge in [0, 0.05) is 10.4 Å². The minimum absolute atomic E-state index is 0.220. The molecule has 0 amide bonds. The number of hydrogen-bond acceptors (Lipinski definition) is 2. The van der Waals surface area contributed by atoms with E-state index in [1.54, 1.807) is 29.5 Å². The van der Waals surface area contributed by atoms with Crippen LogP contribution in [0.25, 0.3) is 16.8 Å². The molecular weight excluding hydrogens is 489 g/mol. The molecule has 1 nitrogen and oxygen atoms in total. The van der Waals surface area contributed by atoms with E-state index in [0.717, 1.165) is 55.4 Å². The molecule has 0 saturated carbocycles. The molecule has 4 rings (SSSR count). The molecule has 0 atom stereocenters. The van der Waals surface area contributed by atoms with E-state index in [2.05, 4.69) is 17.5 Å². The fraction of sp³-hybridized carbons (Fsp3) is 0.281. The molecule has 5 heteroatoms. The third-order valence-corrected chi connectivity index (χ3v) is 7.60. The third-order valence-electron chi connectivity index (χ3n) is 6.67. The maximum absolute atomic E-state index is 13.8. The Morgan fingerprint density at radius 1 is 0.757 bits per heavy atom. The van der Waals surface area contributed by atoms with Crippen LogP contribution in [-0.2, 0) is 19.0 Å². The highest BCUT2D eigenvalue weighted by molar-refractivity contribution is 7.09. The quantitative estimate of drug-likeness (QED) is 0.103. The van der Waals surface area contributed by atoms with Crippen molar-refractivity contribution in [2.75, 3.05) is 0 Å². The minimum atomic E-state index is -4.43. The van der Waals surface area contributed by atoms with Gasteiger partial charge in [-0.1, -0.05) is 92.4 Å². The van der Waals surface area contributed by atoms with Gasteiger partial charge in [0.1, 0.15) is 0 Å². The molecule has 0 spiro atoms. The molecule has 1 aromatic heterocycles. The second-order valence-electron chi connectivity index (χ2n) is 9.30. The Morgan fingerprint density at radius 2 is 1.46 bits per heavy atom. The number of fused-ring (bicyclic) bond motifs is 1. The van der Waals surface area contributed by atoms with Gasteiger partial charge in [0.05, 0.1) is 5.56 Å². The molecule has 37 heavy (non-hydrogen) atoms. The zero-order valence-electron chi connectivity index (χ0n) is 20.8. The van der Waals surface area contributed by atoms with Crippen molar-refractivity contribution in [1.29, 1.82) is 0 Å². The largest absolute Gasteiger partial charge is 0.416 e. The molecule has 4 aromatic rings. The van der Waals surface area contributed by atoms with Crippen LogP contribution in [0.5, 0.6) is 0 Å². The van der Waals surface area contributed by atoms with E-state index in [1.807, 2.05) is 36.4 Å². The zero-order chi connectivity index (χ0) is 26.1. The molecule has 0 N–H and O–H groups in total. The van der Waals surface area contributed by atoms with E-state index in [-0.39, 0.29) is 11.3 Å². The smallest absolute Gasteiger partial charge is 0.289 e. The van der Waals surface area contributed by atoms with E-state index >= 15 is 0 Å². The van der Waals surface area contributed by atoms with Gasteiger partial charge in [0.2, 0.25) is 0 Å². The molecule has 192 valence electrons. The summed E-state index contributed by atoms with van der Waals surface area (Å²) >= 11 is 1.78. The Hall–Kier alpha value is -3.18. The van der Waals surface area contributed by atoms with Crippen LogP contribution in [0.1, 0.15) is 70.5 Å². The lowest BCUT2D eigenvalue weighted by Crippen LogP contribution is -2.10. The van der Waals surface area contributed by atoms with Gasteiger partial charge in [0.15, 0.2) is 5.78 Å². The SMILES string of the molecule is O=C(/C=C/c1cccc(C(F)(F)F)c1CCCCCCCCc1cccs1)c1cccc2ccccc12. The normalized spacial score (nSPS) is 12.0. The van der Waals surface area contributed by atoms with Crippen molar-refractivity contribution in [3.8, 4) is 0 Å². The van der Waals surface area contributed by atoms with Gasteiger partial charge >= 0.3 is 6.18 Å². The Kier molecular flexibility index (Phi) is 9.34. The number of hydrogen-bond donors (Lipinski definition) is 0. The molecule has 3 aromatic carbocycles. The molecule has 0 saturated heterocycles. The maximum atomic E-state index is 13.8. The van der Waals surface area contributed by atoms with Gasteiger partial charge in [-0.15, -0.1) is 11.3 Å². The number of carbonyl (C=O) groups is 1. The summed E-state index contributed by atoms with van der Waals surface area (Å²) in [5.74, 6) is -0.220. The second-order valence-corrected chi connectivity index (χ2v) is 10.3. The molecule has 1 heterocycles. The number of alkyl halides is 3. The van der Waals surface area contributed by atoms with Crippen LogP contribution in [0.15, 0.2) is 84.3 Å². The average Bonchev–Trinajstić information content (AvgIpc) is 3.41. The lowest BCUT2D eigenvalue weighted by Gasteiger charge is -2.15. The van der Waals surface area contributed by atoms with Crippen molar-refractivity contribution in [1.82, 2.24) is 0 Å². The zero-order valence-corrected chi connectivity index (χ0v) is 21.6. The summed E-state index contributed by atoms with van der Waals surface area (Å²) in [7, 11) is 0. The van der Waals surface area contributed by atoms with Crippen molar-refractivity contribution >= 4 is 34.0 Å². The summed E-state index contributed by atoms with van der Waals surface area (Å²) in [4.78, 5) is 14.4. The fourth-order valence-electron chi connectivity index (χ4n) is 4.76. The summed E-state index contributed by atoms with van der Waals surface area (Å²) in [6.07, 6.45) is 5.94. The van der Waals surface area contributed by atoms with Gasteiger partial charge in [0.25, 0.3) is 0 Å². The van der Waals surface area contributed by atoms with E-state index < -0.39 is 11.7 Å². The van der Waals surface area contributed by atoms with E-state index in [9.17, 15) is 18.0 Å². The predicted molar refractivity (Wildman–Crippen MR) is 148 cm³/mol. The van der Waals surface area contributed by atoms with Gasteiger partial charge < -0.3 is 0 Å². The van der Waals surface area contributed by atoms with Gasteiger partial charge in [-0.3, -0.25) is 4.79 Å². The summed E-state index contributed by atoms with van der Waals surface area (Å²) in [6, 6.07) is 21.6. The van der Waals surface area contributed by atoms with Crippen molar-refractivity contribution in [3.05, 3.63) is 111 Å². The van der Waals surface area contributed by atoms with Crippen LogP contribution >= 0.6 is 11.3 Å². The first kappa shape index (κ1) is 26.9. The predicted octanol–water partition coefficient (Wildman–Crippen LogP) is 9.94. The topological polar surface area (TPSA) is 17.1 Å². The number of halogens is 3. The number of ketones is 1.